The molecule has 1 aliphatic carbocycles. The number of furan rings is 1. The number of fused-ring (bicyclic) bond motifs is 1. The number of piperidine rings is 3. The van der Waals surface area contributed by atoms with E-state index in [1.54, 1.807) is 6.26 Å². The molecule has 0 N–H and O–H groups in total. The van der Waals surface area contributed by atoms with Crippen LogP contribution < -0.4 is 4.74 Å². The van der Waals surface area contributed by atoms with Crippen LogP contribution in [0.5, 0.6) is 5.75 Å². The first-order valence-electron chi connectivity index (χ1n) is 9.63. The smallest absolute Gasteiger partial charge is 0.138 e. The minimum atomic E-state index is 0.358. The summed E-state index contributed by atoms with van der Waals surface area (Å²) in [6.07, 6.45) is 8.54. The van der Waals surface area contributed by atoms with Crippen molar-refractivity contribution in [1.82, 2.24) is 9.88 Å². The first-order valence-corrected chi connectivity index (χ1v) is 9.63. The molecule has 3 saturated heterocycles. The van der Waals surface area contributed by atoms with E-state index in [0.29, 0.717) is 17.9 Å². The third-order valence-corrected chi connectivity index (χ3v) is 6.47. The highest BCUT2D eigenvalue weighted by molar-refractivity contribution is 5.83. The van der Waals surface area contributed by atoms with Crippen molar-refractivity contribution < 1.29 is 9.15 Å². The second-order valence-electron chi connectivity index (χ2n) is 8.24. The summed E-state index contributed by atoms with van der Waals surface area (Å²) in [5.41, 5.74) is 3.16. The number of hydrogen-bond donors (Lipinski definition) is 0. The highest BCUT2D eigenvalue weighted by Gasteiger charge is 2.48. The van der Waals surface area contributed by atoms with Crippen molar-refractivity contribution in [3.63, 3.8) is 0 Å². The Morgan fingerprint density at radius 2 is 1.85 bits per heavy atom. The van der Waals surface area contributed by atoms with Gasteiger partial charge in [-0.15, -0.1) is 0 Å². The summed E-state index contributed by atoms with van der Waals surface area (Å²) in [4.78, 5) is 7.09. The van der Waals surface area contributed by atoms with Crippen molar-refractivity contribution in [2.45, 2.75) is 18.9 Å². The standard InChI is InChI=1S/C22H22N2O2/c1-2-21-16(3-4-25-21)7-15(1)17-8-20(10-23-9-17)26-22-18-5-14-6-19(22)13-24(11-14)12-18/h1-4,7-10,14,18-19,22H,5-6,11-13H2. The zero-order valence-corrected chi connectivity index (χ0v) is 14.7. The highest BCUT2D eigenvalue weighted by atomic mass is 16.5. The normalized spacial score (nSPS) is 32.2. The van der Waals surface area contributed by atoms with Gasteiger partial charge >= 0.3 is 0 Å². The van der Waals surface area contributed by atoms with Crippen molar-refractivity contribution >= 4 is 11.0 Å². The molecule has 132 valence electrons. The van der Waals surface area contributed by atoms with Gasteiger partial charge in [-0.2, -0.15) is 0 Å². The Hall–Kier alpha value is -2.33. The SMILES string of the molecule is c1cc2cc(-c3cncc(OC4C5CC6CC4CN(C6)C5)c3)ccc2o1. The molecular formula is C22H22N2O2. The Bertz CT molecular complexity index is 935. The quantitative estimate of drug-likeness (QED) is 0.712. The van der Waals surface area contributed by atoms with Crippen LogP contribution >= 0.6 is 0 Å². The van der Waals surface area contributed by atoms with Gasteiger partial charge in [0.1, 0.15) is 17.4 Å². The monoisotopic (exact) mass is 346 g/mol. The van der Waals surface area contributed by atoms with E-state index in [0.717, 1.165) is 33.8 Å². The van der Waals surface area contributed by atoms with E-state index < -0.39 is 0 Å². The Morgan fingerprint density at radius 3 is 2.69 bits per heavy atom. The fraction of sp³-hybridized carbons (Fsp3) is 0.409. The van der Waals surface area contributed by atoms with Crippen LogP contribution in [0.4, 0.5) is 0 Å². The maximum Gasteiger partial charge on any atom is 0.138 e. The lowest BCUT2D eigenvalue weighted by Gasteiger charge is -2.55. The average molecular weight is 346 g/mol. The Kier molecular flexibility index (Phi) is 3.18. The summed E-state index contributed by atoms with van der Waals surface area (Å²) in [6, 6.07) is 10.4. The van der Waals surface area contributed by atoms with Crippen molar-refractivity contribution in [2.75, 3.05) is 19.6 Å². The van der Waals surface area contributed by atoms with Gasteiger partial charge in [0.15, 0.2) is 0 Å². The van der Waals surface area contributed by atoms with Gasteiger partial charge in [-0.05, 0) is 48.6 Å². The van der Waals surface area contributed by atoms with Crippen molar-refractivity contribution in [3.8, 4) is 16.9 Å². The maximum atomic E-state index is 6.52. The number of nitrogens with zero attached hydrogens (tertiary/aromatic N) is 2. The molecular weight excluding hydrogens is 324 g/mol. The van der Waals surface area contributed by atoms with E-state index >= 15 is 0 Å². The fourth-order valence-electron chi connectivity index (χ4n) is 5.50. The molecule has 0 amide bonds. The predicted octanol–water partition coefficient (Wildman–Crippen LogP) is 4.21. The van der Waals surface area contributed by atoms with Gasteiger partial charge in [0.25, 0.3) is 0 Å². The van der Waals surface area contributed by atoms with E-state index in [9.17, 15) is 0 Å². The van der Waals surface area contributed by atoms with E-state index in [1.807, 2.05) is 24.5 Å². The third kappa shape index (κ3) is 2.36. The van der Waals surface area contributed by atoms with E-state index in [2.05, 4.69) is 28.1 Å². The molecule has 2 aromatic heterocycles. The van der Waals surface area contributed by atoms with Crippen molar-refractivity contribution in [3.05, 3.63) is 49.0 Å². The van der Waals surface area contributed by atoms with Gasteiger partial charge in [-0.1, -0.05) is 6.07 Å². The number of rotatable bonds is 3. The van der Waals surface area contributed by atoms with Crippen molar-refractivity contribution in [2.24, 2.45) is 17.8 Å². The van der Waals surface area contributed by atoms with E-state index in [-0.39, 0.29) is 0 Å². The van der Waals surface area contributed by atoms with Gasteiger partial charge in [-0.25, -0.2) is 0 Å². The van der Waals surface area contributed by atoms with Gasteiger partial charge in [-0.3, -0.25) is 4.98 Å². The predicted molar refractivity (Wildman–Crippen MR) is 100 cm³/mol. The lowest BCUT2D eigenvalue weighted by Crippen LogP contribution is -2.61. The molecule has 26 heavy (non-hydrogen) atoms. The van der Waals surface area contributed by atoms with E-state index in [4.69, 9.17) is 9.15 Å². The second kappa shape index (κ2) is 5.58. The molecule has 3 aliphatic heterocycles. The third-order valence-electron chi connectivity index (χ3n) is 6.47. The number of pyridine rings is 1. The average Bonchev–Trinajstić information content (AvgIpc) is 3.12. The molecule has 4 fully saturated rings. The molecule has 4 heteroatoms. The van der Waals surface area contributed by atoms with Gasteiger partial charge in [0.2, 0.25) is 0 Å². The summed E-state index contributed by atoms with van der Waals surface area (Å²) in [7, 11) is 0. The number of aromatic nitrogens is 1. The number of hydrogen-bond acceptors (Lipinski definition) is 4. The molecule has 5 heterocycles. The topological polar surface area (TPSA) is 38.5 Å². The minimum absolute atomic E-state index is 0.358. The first kappa shape index (κ1) is 14.8. The molecule has 2 unspecified atom stereocenters. The second-order valence-corrected chi connectivity index (χ2v) is 8.24. The van der Waals surface area contributed by atoms with Crippen molar-refractivity contribution in [1.29, 1.82) is 0 Å². The molecule has 7 rings (SSSR count). The van der Waals surface area contributed by atoms with Crippen LogP contribution in [0.1, 0.15) is 12.8 Å². The molecule has 1 saturated carbocycles. The Morgan fingerprint density at radius 1 is 0.962 bits per heavy atom. The lowest BCUT2D eigenvalue weighted by molar-refractivity contribution is -0.0985. The van der Waals surface area contributed by atoms with Crippen LogP contribution in [-0.2, 0) is 0 Å². The largest absolute Gasteiger partial charge is 0.488 e. The zero-order chi connectivity index (χ0) is 17.1. The van der Waals surface area contributed by atoms with E-state index in [1.165, 1.54) is 32.5 Å². The minimum Gasteiger partial charge on any atom is -0.488 e. The molecule has 1 aromatic carbocycles. The van der Waals surface area contributed by atoms with Crippen LogP contribution in [0.2, 0.25) is 0 Å². The molecule has 4 aliphatic rings. The summed E-state index contributed by atoms with van der Waals surface area (Å²) < 4.78 is 12.0. The van der Waals surface area contributed by atoms with Crippen LogP contribution in [-0.4, -0.2) is 35.6 Å². The summed E-state index contributed by atoms with van der Waals surface area (Å²) in [5.74, 6) is 3.18. The molecule has 3 aromatic rings. The lowest BCUT2D eigenvalue weighted by atomic mass is 9.66. The number of ether oxygens (including phenoxy) is 1. The van der Waals surface area contributed by atoms with Gasteiger partial charge < -0.3 is 14.1 Å². The molecule has 4 nitrogen and oxygen atoms in total. The van der Waals surface area contributed by atoms with Crippen LogP contribution in [0.15, 0.2) is 53.4 Å². The Labute approximate surface area is 152 Å². The summed E-state index contributed by atoms with van der Waals surface area (Å²) in [6.45, 7) is 3.73. The fourth-order valence-corrected chi connectivity index (χ4v) is 5.50. The molecule has 0 radical (unpaired) electrons. The van der Waals surface area contributed by atoms with Crippen LogP contribution in [0.3, 0.4) is 0 Å². The van der Waals surface area contributed by atoms with Crippen LogP contribution in [0.25, 0.3) is 22.1 Å². The number of benzene rings is 1. The van der Waals surface area contributed by atoms with Gasteiger partial charge in [0.05, 0.1) is 12.5 Å². The summed E-state index contributed by atoms with van der Waals surface area (Å²) in [5, 5.41) is 1.11. The Balaban J connectivity index is 1.28. The highest BCUT2D eigenvalue weighted by Crippen LogP contribution is 2.45. The maximum absolute atomic E-state index is 6.52. The molecule has 2 atom stereocenters. The zero-order valence-electron chi connectivity index (χ0n) is 14.7. The molecule has 4 bridgehead atoms. The van der Waals surface area contributed by atoms with Crippen LogP contribution in [0, 0.1) is 17.8 Å². The first-order chi connectivity index (χ1) is 12.8. The summed E-state index contributed by atoms with van der Waals surface area (Å²) >= 11 is 0. The van der Waals surface area contributed by atoms with Gasteiger partial charge in [0, 0.05) is 48.6 Å². The molecule has 0 spiro atoms.